The molecule has 116 valence electrons. The van der Waals surface area contributed by atoms with Gasteiger partial charge in [0.05, 0.1) is 13.2 Å². The number of hydrogen-bond donors (Lipinski definition) is 1. The van der Waals surface area contributed by atoms with Crippen LogP contribution in [0, 0.1) is 0 Å². The molecule has 0 radical (unpaired) electrons. The summed E-state index contributed by atoms with van der Waals surface area (Å²) in [5.41, 5.74) is 1.46. The quantitative estimate of drug-likeness (QED) is 0.709. The van der Waals surface area contributed by atoms with Crippen molar-refractivity contribution in [2.24, 2.45) is 0 Å². The minimum Gasteiger partial charge on any atom is -0.494 e. The van der Waals surface area contributed by atoms with Gasteiger partial charge in [0.15, 0.2) is 5.78 Å². The number of carboxylic acid groups (broad SMARTS) is 1. The van der Waals surface area contributed by atoms with E-state index in [9.17, 15) is 9.59 Å². The fourth-order valence-electron chi connectivity index (χ4n) is 2.18. The Morgan fingerprint density at radius 1 is 1.29 bits per heavy atom. The SMILES string of the molecule is CCCN(CC(=O)O)Cc1cc(C(C)=O)ccc1OCC. The second kappa shape index (κ2) is 8.42. The number of ketones is 1. The molecular formula is C16H23NO4. The molecule has 0 atom stereocenters. The zero-order valence-electron chi connectivity index (χ0n) is 12.9. The average Bonchev–Trinajstić information content (AvgIpc) is 2.40. The molecule has 0 amide bonds. The summed E-state index contributed by atoms with van der Waals surface area (Å²) < 4.78 is 5.57. The number of carbonyl (C=O) groups is 2. The topological polar surface area (TPSA) is 66.8 Å². The van der Waals surface area contributed by atoms with E-state index in [0.717, 1.165) is 12.0 Å². The first-order valence-corrected chi connectivity index (χ1v) is 7.18. The zero-order valence-corrected chi connectivity index (χ0v) is 12.9. The summed E-state index contributed by atoms with van der Waals surface area (Å²) in [5, 5.41) is 8.98. The fourth-order valence-corrected chi connectivity index (χ4v) is 2.18. The van der Waals surface area contributed by atoms with Crippen LogP contribution in [0.1, 0.15) is 43.1 Å². The molecule has 0 heterocycles. The van der Waals surface area contributed by atoms with Crippen molar-refractivity contribution in [2.75, 3.05) is 19.7 Å². The van der Waals surface area contributed by atoms with Gasteiger partial charge in [-0.25, -0.2) is 0 Å². The van der Waals surface area contributed by atoms with Gasteiger partial charge < -0.3 is 9.84 Å². The third kappa shape index (κ3) is 5.55. The van der Waals surface area contributed by atoms with E-state index in [1.165, 1.54) is 6.92 Å². The van der Waals surface area contributed by atoms with Crippen LogP contribution in [-0.2, 0) is 11.3 Å². The lowest BCUT2D eigenvalue weighted by Crippen LogP contribution is -2.30. The number of hydrogen-bond acceptors (Lipinski definition) is 4. The van der Waals surface area contributed by atoms with E-state index < -0.39 is 5.97 Å². The molecule has 1 aromatic carbocycles. The Bertz CT molecular complexity index is 499. The standard InChI is InChI=1S/C16H23NO4/c1-4-8-17(11-16(19)20)10-14-9-13(12(3)18)6-7-15(14)21-5-2/h6-7,9H,4-5,8,10-11H2,1-3H3,(H,19,20). The highest BCUT2D eigenvalue weighted by molar-refractivity contribution is 5.94. The smallest absolute Gasteiger partial charge is 0.317 e. The van der Waals surface area contributed by atoms with Crippen molar-refractivity contribution < 1.29 is 19.4 Å². The Kier molecular flexibility index (Phi) is 6.88. The maximum atomic E-state index is 11.5. The number of nitrogens with zero attached hydrogens (tertiary/aromatic N) is 1. The number of Topliss-reactive ketones (excluding diaryl/α,β-unsaturated/α-hetero) is 1. The van der Waals surface area contributed by atoms with Crippen molar-refractivity contribution in [3.8, 4) is 5.75 Å². The number of benzene rings is 1. The van der Waals surface area contributed by atoms with Gasteiger partial charge in [0.2, 0.25) is 0 Å². The van der Waals surface area contributed by atoms with E-state index in [4.69, 9.17) is 9.84 Å². The maximum Gasteiger partial charge on any atom is 0.317 e. The van der Waals surface area contributed by atoms with Crippen LogP contribution < -0.4 is 4.74 Å². The molecule has 0 saturated carbocycles. The Balaban J connectivity index is 3.02. The van der Waals surface area contributed by atoms with Crippen molar-refractivity contribution in [3.63, 3.8) is 0 Å². The molecule has 1 aromatic rings. The van der Waals surface area contributed by atoms with Crippen LogP contribution in [0.3, 0.4) is 0 Å². The lowest BCUT2D eigenvalue weighted by molar-refractivity contribution is -0.138. The molecule has 0 bridgehead atoms. The molecule has 21 heavy (non-hydrogen) atoms. The molecule has 1 N–H and O–H groups in total. The Labute approximate surface area is 125 Å². The summed E-state index contributed by atoms with van der Waals surface area (Å²) in [6.45, 7) is 7.05. The molecule has 1 rings (SSSR count). The molecular weight excluding hydrogens is 270 g/mol. The lowest BCUT2D eigenvalue weighted by atomic mass is 10.1. The second-order valence-corrected chi connectivity index (χ2v) is 4.92. The van der Waals surface area contributed by atoms with Gasteiger partial charge >= 0.3 is 5.97 Å². The Morgan fingerprint density at radius 3 is 2.52 bits per heavy atom. The van der Waals surface area contributed by atoms with E-state index in [-0.39, 0.29) is 12.3 Å². The van der Waals surface area contributed by atoms with Gasteiger partial charge in [0.1, 0.15) is 5.75 Å². The number of rotatable bonds is 9. The van der Waals surface area contributed by atoms with Crippen molar-refractivity contribution in [2.45, 2.75) is 33.7 Å². The Hall–Kier alpha value is -1.88. The van der Waals surface area contributed by atoms with Crippen LogP contribution in [-0.4, -0.2) is 41.5 Å². The van der Waals surface area contributed by atoms with Crippen LogP contribution in [0.5, 0.6) is 5.75 Å². The highest BCUT2D eigenvalue weighted by Crippen LogP contribution is 2.22. The minimum absolute atomic E-state index is 0.0143. The van der Waals surface area contributed by atoms with Crippen molar-refractivity contribution in [3.05, 3.63) is 29.3 Å². The Morgan fingerprint density at radius 2 is 2.00 bits per heavy atom. The average molecular weight is 293 g/mol. The maximum absolute atomic E-state index is 11.5. The van der Waals surface area contributed by atoms with E-state index in [1.54, 1.807) is 18.2 Å². The third-order valence-corrected chi connectivity index (χ3v) is 3.06. The van der Waals surface area contributed by atoms with Gasteiger partial charge in [-0.1, -0.05) is 6.92 Å². The van der Waals surface area contributed by atoms with Crippen LogP contribution in [0.4, 0.5) is 0 Å². The predicted molar refractivity (Wildman–Crippen MR) is 80.8 cm³/mol. The van der Waals surface area contributed by atoms with Crippen LogP contribution in [0.2, 0.25) is 0 Å². The van der Waals surface area contributed by atoms with E-state index in [1.807, 2.05) is 18.7 Å². The molecule has 0 aliphatic carbocycles. The molecule has 0 fully saturated rings. The van der Waals surface area contributed by atoms with Crippen LogP contribution >= 0.6 is 0 Å². The van der Waals surface area contributed by atoms with E-state index in [2.05, 4.69) is 0 Å². The first kappa shape index (κ1) is 17.2. The minimum atomic E-state index is -0.857. The van der Waals surface area contributed by atoms with Crippen molar-refractivity contribution in [1.82, 2.24) is 4.90 Å². The molecule has 5 heteroatoms. The normalized spacial score (nSPS) is 10.7. The first-order chi connectivity index (χ1) is 9.97. The summed E-state index contributed by atoms with van der Waals surface area (Å²) in [5.74, 6) is -0.169. The highest BCUT2D eigenvalue weighted by Gasteiger charge is 2.14. The van der Waals surface area contributed by atoms with Crippen molar-refractivity contribution >= 4 is 11.8 Å². The third-order valence-electron chi connectivity index (χ3n) is 3.06. The number of carbonyl (C=O) groups excluding carboxylic acids is 1. The summed E-state index contributed by atoms with van der Waals surface area (Å²) in [6.07, 6.45) is 0.865. The lowest BCUT2D eigenvalue weighted by Gasteiger charge is -2.21. The molecule has 5 nitrogen and oxygen atoms in total. The molecule has 0 aliphatic rings. The van der Waals surface area contributed by atoms with E-state index >= 15 is 0 Å². The first-order valence-electron chi connectivity index (χ1n) is 7.18. The van der Waals surface area contributed by atoms with E-state index in [0.29, 0.717) is 31.0 Å². The van der Waals surface area contributed by atoms with Gasteiger partial charge in [-0.15, -0.1) is 0 Å². The molecule has 0 saturated heterocycles. The number of carboxylic acids is 1. The van der Waals surface area contributed by atoms with Gasteiger partial charge in [0.25, 0.3) is 0 Å². The molecule has 0 aromatic heterocycles. The molecule has 0 spiro atoms. The number of ether oxygens (including phenoxy) is 1. The largest absolute Gasteiger partial charge is 0.494 e. The zero-order chi connectivity index (χ0) is 15.8. The second-order valence-electron chi connectivity index (χ2n) is 4.92. The summed E-state index contributed by atoms with van der Waals surface area (Å²) >= 11 is 0. The predicted octanol–water partition coefficient (Wildman–Crippen LogP) is 2.58. The summed E-state index contributed by atoms with van der Waals surface area (Å²) in [4.78, 5) is 24.3. The monoisotopic (exact) mass is 293 g/mol. The molecule has 0 unspecified atom stereocenters. The van der Waals surface area contributed by atoms with Gasteiger partial charge in [0, 0.05) is 17.7 Å². The van der Waals surface area contributed by atoms with Gasteiger partial charge in [-0.05, 0) is 45.0 Å². The van der Waals surface area contributed by atoms with Crippen molar-refractivity contribution in [1.29, 1.82) is 0 Å². The highest BCUT2D eigenvalue weighted by atomic mass is 16.5. The van der Waals surface area contributed by atoms with Crippen LogP contribution in [0.15, 0.2) is 18.2 Å². The summed E-state index contributed by atoms with van der Waals surface area (Å²) in [7, 11) is 0. The van der Waals surface area contributed by atoms with Gasteiger partial charge in [-0.3, -0.25) is 14.5 Å². The van der Waals surface area contributed by atoms with Crippen LogP contribution in [0.25, 0.3) is 0 Å². The molecule has 0 aliphatic heterocycles. The fraction of sp³-hybridized carbons (Fsp3) is 0.500. The van der Waals surface area contributed by atoms with Gasteiger partial charge in [-0.2, -0.15) is 0 Å². The number of aliphatic carboxylic acids is 1. The summed E-state index contributed by atoms with van der Waals surface area (Å²) in [6, 6.07) is 5.30.